The number of aromatic hydroxyl groups is 2. The van der Waals surface area contributed by atoms with Gasteiger partial charge in [0.2, 0.25) is 6.41 Å². The van der Waals surface area contributed by atoms with Crippen molar-refractivity contribution in [1.82, 2.24) is 19.6 Å². The molecule has 4 aliphatic heterocycles. The van der Waals surface area contributed by atoms with E-state index in [1.165, 1.54) is 194 Å². The standard InChI is InChI=1S/C18H23NO2.C18H25NO.2C17H23NO.C4H6O6/c1-21-14-6-5-13-10-17-15-4-2-3-7-18(15,16(13)11-14)8-9-19(17)12-20;1-19-10-9-18-8-4-3-5-15(18)17(19)11-13-6-7-14(20-2)12-16(13)18;2*1-18-9-8-17-7-3-2-4-14(17)16(18)10-12-5-6-13(19)11-15(12)17;5-1(3(7)8)2(6)4(9)10/h5-6,11-12,15,17H,2-4,7-10H2,1H3;6-7,12,15,17H,3-5,8-11H2,1-2H3;2*5-6,11,14,16,19H,2-4,7-10H2,1H3;1-2,5-6H,(H,7,8)(H,9,10)/t2*15-,17+,18+;2*14-,16+,17+;1-,2-/m00001/s1. The van der Waals surface area contributed by atoms with E-state index in [-0.39, 0.29) is 0 Å². The number of carbonyl (C=O) groups is 3. The molecule has 6 N–H and O–H groups in total. The fraction of sp³-hybridized carbons (Fsp3) is 0.635. The number of aliphatic hydroxyl groups is 2. The molecule has 4 heterocycles. The molecule has 12 aliphatic rings. The number of hydrogen-bond donors (Lipinski definition) is 6. The fourth-order valence-corrected chi connectivity index (χ4v) is 21.2. The first-order valence-electron chi connectivity index (χ1n) is 34.0. The Morgan fingerprint density at radius 1 is 0.449 bits per heavy atom. The van der Waals surface area contributed by atoms with Crippen LogP contribution in [-0.2, 0) is 61.7 Å². The number of amides is 1. The van der Waals surface area contributed by atoms with E-state index in [1.807, 2.05) is 12.1 Å². The Kier molecular flexibility index (Phi) is 18.4. The Morgan fingerprint density at radius 3 is 1.08 bits per heavy atom. The van der Waals surface area contributed by atoms with Gasteiger partial charge >= 0.3 is 11.9 Å². The SMILES string of the molecule is CN1CC[C@]23CCCC[C@H]2[C@H]1Cc1ccc(O)cc13.CN1CC[C@]23CCCC[C@H]2[C@H]1Cc1ccc(O)cc13.COc1ccc2c(c1)[C@@]13CCCC[C@H]1[C@@H](C2)N(C)CC3.COc1ccc2c(c1)[C@@]13CCCC[C@H]1[C@@H](C2)N(C=O)CC3.O=C(O)[C@H](O)[C@@H](O)C(=O)O. The summed E-state index contributed by atoms with van der Waals surface area (Å²) in [6.07, 6.45) is 27.9. The normalized spacial score (nSPS) is 33.9. The van der Waals surface area contributed by atoms with Crippen molar-refractivity contribution < 1.29 is 54.5 Å². The molecule has 4 aromatic carbocycles. The Hall–Kier alpha value is -5.71. The Labute approximate surface area is 527 Å². The van der Waals surface area contributed by atoms with Crippen molar-refractivity contribution in [3.8, 4) is 23.0 Å². The van der Waals surface area contributed by atoms with Crippen LogP contribution in [0.4, 0.5) is 0 Å². The number of likely N-dealkylation sites (tertiary alicyclic amines) is 4. The number of carbonyl (C=O) groups excluding carboxylic acids is 1. The third-order valence-electron chi connectivity index (χ3n) is 25.5. The van der Waals surface area contributed by atoms with Crippen LogP contribution in [0.2, 0.25) is 0 Å². The van der Waals surface area contributed by atoms with Crippen molar-refractivity contribution in [3.05, 3.63) is 117 Å². The molecule has 482 valence electrons. The van der Waals surface area contributed by atoms with Crippen LogP contribution in [0.1, 0.15) is 173 Å². The van der Waals surface area contributed by atoms with Gasteiger partial charge in [0.1, 0.15) is 23.0 Å². The van der Waals surface area contributed by atoms with Crippen LogP contribution in [0.3, 0.4) is 0 Å². The molecule has 89 heavy (non-hydrogen) atoms. The van der Waals surface area contributed by atoms with Gasteiger partial charge in [-0.05, 0) is 260 Å². The summed E-state index contributed by atoms with van der Waals surface area (Å²) in [4.78, 5) is 40.9. The van der Waals surface area contributed by atoms with E-state index >= 15 is 0 Å². The highest BCUT2D eigenvalue weighted by molar-refractivity contribution is 5.83. The molecule has 0 spiro atoms. The molecule has 0 aromatic heterocycles. The number of benzene rings is 4. The number of hydrogen-bond acceptors (Lipinski definition) is 12. The Bertz CT molecular complexity index is 3120. The maximum absolute atomic E-state index is 11.5. The number of ether oxygens (including phenoxy) is 2. The van der Waals surface area contributed by atoms with Gasteiger partial charge in [-0.1, -0.05) is 75.6 Å². The van der Waals surface area contributed by atoms with Gasteiger partial charge in [-0.3, -0.25) is 4.79 Å². The molecular formula is C74H100N4O11. The van der Waals surface area contributed by atoms with Crippen molar-refractivity contribution in [2.24, 2.45) is 23.7 Å². The summed E-state index contributed by atoms with van der Waals surface area (Å²) in [5.41, 5.74) is 13.6. The van der Waals surface area contributed by atoms with Gasteiger partial charge < -0.3 is 59.7 Å². The van der Waals surface area contributed by atoms with E-state index in [2.05, 4.69) is 101 Å². The predicted octanol–water partition coefficient (Wildman–Crippen LogP) is 10.3. The lowest BCUT2D eigenvalue weighted by atomic mass is 9.52. The number of phenols is 2. The highest BCUT2D eigenvalue weighted by Crippen LogP contribution is 2.60. The number of carboxylic acids is 2. The molecule has 0 unspecified atom stereocenters. The van der Waals surface area contributed by atoms with Crippen molar-refractivity contribution >= 4 is 18.3 Å². The molecule has 15 heteroatoms. The van der Waals surface area contributed by atoms with Gasteiger partial charge in [-0.2, -0.15) is 0 Å². The fourth-order valence-electron chi connectivity index (χ4n) is 21.2. The number of piperidine rings is 4. The molecule has 8 fully saturated rings. The highest BCUT2D eigenvalue weighted by atomic mass is 16.5. The summed E-state index contributed by atoms with van der Waals surface area (Å²) < 4.78 is 11.0. The Balaban J connectivity index is 0.000000110. The van der Waals surface area contributed by atoms with Crippen LogP contribution >= 0.6 is 0 Å². The minimum absolute atomic E-state index is 0.296. The summed E-state index contributed by atoms with van der Waals surface area (Å²) >= 11 is 0. The van der Waals surface area contributed by atoms with Crippen LogP contribution in [0.15, 0.2) is 72.8 Å². The molecule has 4 saturated heterocycles. The molecule has 0 radical (unpaired) electrons. The molecule has 1 amide bonds. The first-order valence-corrected chi connectivity index (χ1v) is 34.0. The van der Waals surface area contributed by atoms with Gasteiger partial charge in [0.15, 0.2) is 12.2 Å². The monoisotopic (exact) mass is 1220 g/mol. The van der Waals surface area contributed by atoms with Crippen LogP contribution in [0, 0.1) is 23.7 Å². The maximum atomic E-state index is 11.5. The Morgan fingerprint density at radius 2 is 0.753 bits per heavy atom. The smallest absolute Gasteiger partial charge is 0.335 e. The molecule has 8 bridgehead atoms. The van der Waals surface area contributed by atoms with E-state index in [0.717, 1.165) is 73.2 Å². The van der Waals surface area contributed by atoms with E-state index in [1.54, 1.807) is 25.3 Å². The minimum Gasteiger partial charge on any atom is -0.508 e. The summed E-state index contributed by atoms with van der Waals surface area (Å²) in [6.45, 7) is 4.62. The minimum atomic E-state index is -2.27. The summed E-state index contributed by atoms with van der Waals surface area (Å²) in [5, 5.41) is 52.4. The number of phenolic OH excluding ortho intramolecular Hbond substituents is 2. The van der Waals surface area contributed by atoms with Gasteiger partial charge in [-0.25, -0.2) is 9.59 Å². The summed E-state index contributed by atoms with van der Waals surface area (Å²) in [5.74, 6) is 2.53. The summed E-state index contributed by atoms with van der Waals surface area (Å²) in [7, 11) is 10.5. The van der Waals surface area contributed by atoms with Gasteiger partial charge in [-0.15, -0.1) is 0 Å². The number of carboxylic acid groups (broad SMARTS) is 2. The maximum Gasteiger partial charge on any atom is 0.335 e. The van der Waals surface area contributed by atoms with Crippen molar-refractivity contribution in [2.45, 2.75) is 212 Å². The number of methoxy groups -OCH3 is 2. The van der Waals surface area contributed by atoms with Crippen LogP contribution in [-0.4, -0.2) is 167 Å². The number of aliphatic carboxylic acids is 2. The first-order chi connectivity index (χ1) is 42.9. The molecule has 14 atom stereocenters. The van der Waals surface area contributed by atoms with Gasteiger partial charge in [0.25, 0.3) is 0 Å². The molecule has 15 nitrogen and oxygen atoms in total. The number of rotatable bonds is 6. The molecule has 4 aromatic rings. The lowest BCUT2D eigenvalue weighted by Crippen LogP contribution is -2.60. The molecule has 16 rings (SSSR count). The molecule has 8 aliphatic carbocycles. The van der Waals surface area contributed by atoms with Crippen molar-refractivity contribution in [1.29, 1.82) is 0 Å². The van der Waals surface area contributed by atoms with E-state index < -0.39 is 24.1 Å². The van der Waals surface area contributed by atoms with Crippen LogP contribution < -0.4 is 9.47 Å². The topological polar surface area (TPSA) is 204 Å². The zero-order valence-electron chi connectivity index (χ0n) is 53.6. The van der Waals surface area contributed by atoms with Crippen molar-refractivity contribution in [2.75, 3.05) is 61.5 Å². The van der Waals surface area contributed by atoms with E-state index in [0.29, 0.717) is 45.1 Å². The zero-order chi connectivity index (χ0) is 62.6. The quantitative estimate of drug-likeness (QED) is 0.0995. The second-order valence-corrected chi connectivity index (χ2v) is 29.2. The second kappa shape index (κ2) is 25.8. The predicted molar refractivity (Wildman–Crippen MR) is 343 cm³/mol. The number of fused-ring (bicyclic) bond motifs is 4. The second-order valence-electron chi connectivity index (χ2n) is 29.2. The lowest BCUT2D eigenvalue weighted by molar-refractivity contribution is -0.165. The van der Waals surface area contributed by atoms with Crippen molar-refractivity contribution in [3.63, 3.8) is 0 Å². The molecular weight excluding hydrogens is 1120 g/mol. The first kappa shape index (κ1) is 63.4. The zero-order valence-corrected chi connectivity index (χ0v) is 53.6. The van der Waals surface area contributed by atoms with Crippen LogP contribution in [0.25, 0.3) is 0 Å². The van der Waals surface area contributed by atoms with Gasteiger partial charge in [0.05, 0.1) is 14.2 Å². The van der Waals surface area contributed by atoms with Crippen LogP contribution in [0.5, 0.6) is 23.0 Å². The number of nitrogens with zero attached hydrogens (tertiary/aromatic N) is 4. The van der Waals surface area contributed by atoms with E-state index in [4.69, 9.17) is 29.9 Å². The average molecular weight is 1220 g/mol. The summed E-state index contributed by atoms with van der Waals surface area (Å²) in [6, 6.07) is 28.3. The highest BCUT2D eigenvalue weighted by Gasteiger charge is 2.57. The van der Waals surface area contributed by atoms with Gasteiger partial charge in [0, 0.05) is 52.4 Å². The third-order valence-corrected chi connectivity index (χ3v) is 25.5. The molecule has 4 saturated carbocycles. The number of aliphatic hydroxyl groups excluding tert-OH is 2. The number of likely N-dealkylation sites (N-methyl/N-ethyl adjacent to an activating group) is 3. The van der Waals surface area contributed by atoms with E-state index in [9.17, 15) is 24.6 Å². The average Bonchev–Trinajstić information content (AvgIpc) is 1.04. The largest absolute Gasteiger partial charge is 0.508 e. The third kappa shape index (κ3) is 11.3. The lowest BCUT2D eigenvalue weighted by Gasteiger charge is -2.58.